The van der Waals surface area contributed by atoms with Gasteiger partial charge in [-0.25, -0.2) is 4.79 Å². The highest BCUT2D eigenvalue weighted by Gasteiger charge is 2.70. The summed E-state index contributed by atoms with van der Waals surface area (Å²) in [6.45, 7) is 13.2. The van der Waals surface area contributed by atoms with Gasteiger partial charge in [0.05, 0.1) is 29.0 Å². The van der Waals surface area contributed by atoms with Crippen LogP contribution in [0.3, 0.4) is 0 Å². The number of benzene rings is 1. The maximum absolute atomic E-state index is 13.9. The lowest BCUT2D eigenvalue weighted by atomic mass is 9.45. The minimum Gasteiger partial charge on any atom is -0.456 e. The van der Waals surface area contributed by atoms with Crippen LogP contribution < -0.4 is 0 Å². The predicted octanol–water partition coefficient (Wildman–Crippen LogP) is 5.52. The Morgan fingerprint density at radius 2 is 1.67 bits per heavy atom. The van der Waals surface area contributed by atoms with Crippen LogP contribution >= 0.6 is 0 Å². The number of carbonyl (C=O) groups excluding carboxylic acids is 2. The van der Waals surface area contributed by atoms with E-state index in [4.69, 9.17) is 14.2 Å². The predicted molar refractivity (Wildman–Crippen MR) is 168 cm³/mol. The van der Waals surface area contributed by atoms with E-state index in [1.54, 1.807) is 51.1 Å². The largest absolute Gasteiger partial charge is 0.456 e. The number of aliphatic hydroxyl groups is 3. The lowest BCUT2D eigenvalue weighted by molar-refractivity contribution is -0.175. The smallest absolute Gasteiger partial charge is 0.338 e. The molecule has 8 heteroatoms. The van der Waals surface area contributed by atoms with Crippen LogP contribution in [0.25, 0.3) is 0 Å². The Kier molecular flexibility index (Phi) is 7.81. The normalized spacial score (nSPS) is 40.7. The monoisotopic (exact) mass is 624 g/mol. The van der Waals surface area contributed by atoms with Gasteiger partial charge in [0, 0.05) is 11.3 Å². The van der Waals surface area contributed by atoms with Crippen molar-refractivity contribution >= 4 is 11.8 Å². The zero-order valence-corrected chi connectivity index (χ0v) is 28.0. The lowest BCUT2D eigenvalue weighted by Gasteiger charge is -2.60. The number of ether oxygens (including phenoxy) is 3. The Balaban J connectivity index is 1.31. The van der Waals surface area contributed by atoms with Crippen molar-refractivity contribution in [3.63, 3.8) is 0 Å². The molecule has 3 N–H and O–H groups in total. The summed E-state index contributed by atoms with van der Waals surface area (Å²) in [5, 5.41) is 35.8. The fraction of sp³-hybridized carbons (Fsp3) is 0.730. The molecule has 0 unspecified atom stereocenters. The standard InChI is InChI=1S/C37H52O8/c1-32(2,40)16-15-30(43-31(39)22-11-9-8-10-12-22)36(7,41)29-14-18-37(42)24-19-26(38)25-20-27-28(45-33(3,4)44-27)21-34(25,5)23(24)13-17-35(29,37)6/h8-12,19,23,25,27-30,40-42H,13-18,20-21H2,1-7H3/t23-,25-,27+,28-,29-,30+,34+,35+,36+,37+/m0/s1. The number of fused-ring (bicyclic) bond motifs is 6. The molecule has 1 aromatic rings. The van der Waals surface area contributed by atoms with Crippen molar-refractivity contribution < 1.29 is 39.1 Å². The Morgan fingerprint density at radius 1 is 1.00 bits per heavy atom. The molecule has 45 heavy (non-hydrogen) atoms. The Hall–Kier alpha value is -2.10. The third kappa shape index (κ3) is 5.33. The second kappa shape index (κ2) is 10.7. The lowest BCUT2D eigenvalue weighted by Crippen LogP contribution is -2.63. The van der Waals surface area contributed by atoms with Crippen LogP contribution in [0.15, 0.2) is 42.0 Å². The zero-order valence-electron chi connectivity index (χ0n) is 28.0. The van der Waals surface area contributed by atoms with E-state index >= 15 is 0 Å². The number of carbonyl (C=O) groups is 2. The number of hydrogen-bond donors (Lipinski definition) is 3. The van der Waals surface area contributed by atoms with E-state index in [0.717, 1.165) is 12.0 Å². The number of esters is 1. The average Bonchev–Trinajstić information content (AvgIpc) is 3.40. The van der Waals surface area contributed by atoms with E-state index in [-0.39, 0.29) is 41.7 Å². The SMILES string of the molecule is CC(C)(O)CC[C@@H](OC(=O)c1ccccc1)[C@](C)(O)[C@H]1CC[C@@]2(O)C3=CC(=O)[C@@H]4C[C@H]5OC(C)(C)O[C@H]5C[C@]4(C)[C@H]3CC[C@]12C. The van der Waals surface area contributed by atoms with Crippen molar-refractivity contribution in [2.75, 3.05) is 0 Å². The highest BCUT2D eigenvalue weighted by molar-refractivity contribution is 5.95. The molecule has 4 fully saturated rings. The van der Waals surface area contributed by atoms with Gasteiger partial charge >= 0.3 is 5.97 Å². The van der Waals surface area contributed by atoms with Crippen LogP contribution in [-0.4, -0.2) is 68.0 Å². The second-order valence-electron chi connectivity index (χ2n) is 16.5. The fourth-order valence-corrected chi connectivity index (χ4v) is 10.2. The number of allylic oxidation sites excluding steroid dienone is 1. The summed E-state index contributed by atoms with van der Waals surface area (Å²) >= 11 is 0. The molecule has 8 nitrogen and oxygen atoms in total. The van der Waals surface area contributed by atoms with E-state index < -0.39 is 46.0 Å². The van der Waals surface area contributed by atoms with Crippen LogP contribution in [0.4, 0.5) is 0 Å². The van der Waals surface area contributed by atoms with Gasteiger partial charge in [-0.2, -0.15) is 0 Å². The molecular weight excluding hydrogens is 572 g/mol. The first kappa shape index (κ1) is 32.8. The van der Waals surface area contributed by atoms with Crippen molar-refractivity contribution in [2.24, 2.45) is 28.6 Å². The summed E-state index contributed by atoms with van der Waals surface area (Å²) in [5.74, 6) is -1.77. The molecule has 0 bridgehead atoms. The maximum Gasteiger partial charge on any atom is 0.338 e. The molecule has 0 radical (unpaired) electrons. The quantitative estimate of drug-likeness (QED) is 0.339. The van der Waals surface area contributed by atoms with Crippen molar-refractivity contribution in [1.29, 1.82) is 0 Å². The summed E-state index contributed by atoms with van der Waals surface area (Å²) in [4.78, 5) is 27.1. The molecule has 6 rings (SSSR count). The molecule has 0 aromatic heterocycles. The highest BCUT2D eigenvalue weighted by atomic mass is 16.8. The van der Waals surface area contributed by atoms with Crippen LogP contribution in [-0.2, 0) is 19.0 Å². The summed E-state index contributed by atoms with van der Waals surface area (Å²) < 4.78 is 18.5. The van der Waals surface area contributed by atoms with E-state index in [2.05, 4.69) is 6.92 Å². The topological polar surface area (TPSA) is 123 Å². The van der Waals surface area contributed by atoms with E-state index in [9.17, 15) is 24.9 Å². The molecule has 0 amide bonds. The average molecular weight is 625 g/mol. The summed E-state index contributed by atoms with van der Waals surface area (Å²) in [6, 6.07) is 8.71. The molecule has 248 valence electrons. The van der Waals surface area contributed by atoms with Gasteiger partial charge in [-0.05, 0) is 127 Å². The maximum atomic E-state index is 13.9. The third-order valence-electron chi connectivity index (χ3n) is 12.6. The Bertz CT molecular complexity index is 1360. The Morgan fingerprint density at radius 3 is 2.33 bits per heavy atom. The zero-order chi connectivity index (χ0) is 32.8. The third-order valence-corrected chi connectivity index (χ3v) is 12.6. The first-order valence-corrected chi connectivity index (χ1v) is 16.9. The van der Waals surface area contributed by atoms with Crippen LogP contribution in [0.1, 0.15) is 110 Å². The molecule has 5 aliphatic rings. The number of ketones is 1. The van der Waals surface area contributed by atoms with Crippen molar-refractivity contribution in [2.45, 2.75) is 141 Å². The van der Waals surface area contributed by atoms with Gasteiger partial charge in [-0.1, -0.05) is 32.0 Å². The van der Waals surface area contributed by atoms with Gasteiger partial charge in [0.15, 0.2) is 11.6 Å². The van der Waals surface area contributed by atoms with E-state index in [1.807, 2.05) is 26.8 Å². The van der Waals surface area contributed by atoms with Crippen molar-refractivity contribution in [3.05, 3.63) is 47.5 Å². The molecule has 3 saturated carbocycles. The van der Waals surface area contributed by atoms with E-state index in [1.165, 1.54) is 0 Å². The molecule has 1 saturated heterocycles. The Labute approximate surface area is 267 Å². The van der Waals surface area contributed by atoms with Crippen LogP contribution in [0, 0.1) is 28.6 Å². The van der Waals surface area contributed by atoms with Gasteiger partial charge in [-0.15, -0.1) is 0 Å². The van der Waals surface area contributed by atoms with Crippen molar-refractivity contribution in [3.8, 4) is 0 Å². The molecule has 1 aromatic carbocycles. The van der Waals surface area contributed by atoms with Gasteiger partial charge in [-0.3, -0.25) is 4.79 Å². The molecular formula is C37H52O8. The summed E-state index contributed by atoms with van der Waals surface area (Å²) in [6.07, 6.45) is 4.84. The second-order valence-corrected chi connectivity index (χ2v) is 16.5. The summed E-state index contributed by atoms with van der Waals surface area (Å²) in [7, 11) is 0. The van der Waals surface area contributed by atoms with Gasteiger partial charge in [0.25, 0.3) is 0 Å². The van der Waals surface area contributed by atoms with E-state index in [0.29, 0.717) is 44.1 Å². The highest BCUT2D eigenvalue weighted by Crippen LogP contribution is 2.69. The van der Waals surface area contributed by atoms with Gasteiger partial charge < -0.3 is 29.5 Å². The number of rotatable bonds is 7. The molecule has 4 aliphatic carbocycles. The molecule has 10 atom stereocenters. The first-order valence-electron chi connectivity index (χ1n) is 16.9. The minimum atomic E-state index is -1.51. The first-order chi connectivity index (χ1) is 20.8. The fourth-order valence-electron chi connectivity index (χ4n) is 10.2. The van der Waals surface area contributed by atoms with Crippen LogP contribution in [0.5, 0.6) is 0 Å². The van der Waals surface area contributed by atoms with Crippen LogP contribution in [0.2, 0.25) is 0 Å². The number of hydrogen-bond acceptors (Lipinski definition) is 8. The molecule has 1 heterocycles. The molecule has 0 spiro atoms. The van der Waals surface area contributed by atoms with Crippen molar-refractivity contribution in [1.82, 2.24) is 0 Å². The summed E-state index contributed by atoms with van der Waals surface area (Å²) in [5.41, 5.74) is -3.77. The minimum absolute atomic E-state index is 0.0112. The van der Waals surface area contributed by atoms with Gasteiger partial charge in [0.2, 0.25) is 0 Å². The van der Waals surface area contributed by atoms with Gasteiger partial charge in [0.1, 0.15) is 11.7 Å². The molecule has 1 aliphatic heterocycles.